The van der Waals surface area contributed by atoms with Crippen molar-refractivity contribution >= 4 is 5.91 Å². The van der Waals surface area contributed by atoms with Gasteiger partial charge in [0.15, 0.2) is 0 Å². The Balaban J connectivity index is 1.64. The van der Waals surface area contributed by atoms with E-state index in [1.807, 2.05) is 0 Å². The molecule has 3 atom stereocenters. The predicted octanol–water partition coefficient (Wildman–Crippen LogP) is 0.0322. The SMILES string of the molecule is O=C(CC1CNCCO1)NCC1CCCCC1O. The average molecular weight is 256 g/mol. The van der Waals surface area contributed by atoms with E-state index in [2.05, 4.69) is 10.6 Å². The van der Waals surface area contributed by atoms with Crippen molar-refractivity contribution in [3.8, 4) is 0 Å². The van der Waals surface area contributed by atoms with Crippen molar-refractivity contribution in [2.24, 2.45) is 5.92 Å². The first kappa shape index (κ1) is 13.8. The molecular weight excluding hydrogens is 232 g/mol. The Kier molecular flexibility index (Phi) is 5.41. The molecule has 5 heteroatoms. The quantitative estimate of drug-likeness (QED) is 0.664. The van der Waals surface area contributed by atoms with Crippen LogP contribution in [0.5, 0.6) is 0 Å². The number of aliphatic hydroxyl groups is 1. The Labute approximate surface area is 108 Å². The summed E-state index contributed by atoms with van der Waals surface area (Å²) in [5.41, 5.74) is 0. The van der Waals surface area contributed by atoms with Crippen molar-refractivity contribution in [3.63, 3.8) is 0 Å². The van der Waals surface area contributed by atoms with Crippen LogP contribution < -0.4 is 10.6 Å². The molecule has 1 saturated heterocycles. The van der Waals surface area contributed by atoms with Crippen LogP contribution in [0.1, 0.15) is 32.1 Å². The van der Waals surface area contributed by atoms with Gasteiger partial charge in [0.2, 0.25) is 5.91 Å². The van der Waals surface area contributed by atoms with Crippen LogP contribution in [0, 0.1) is 5.92 Å². The van der Waals surface area contributed by atoms with Gasteiger partial charge in [-0.25, -0.2) is 0 Å². The molecule has 3 N–H and O–H groups in total. The third kappa shape index (κ3) is 4.23. The van der Waals surface area contributed by atoms with Gasteiger partial charge in [-0.2, -0.15) is 0 Å². The summed E-state index contributed by atoms with van der Waals surface area (Å²) in [5, 5.41) is 15.9. The molecule has 2 aliphatic rings. The molecule has 0 radical (unpaired) electrons. The van der Waals surface area contributed by atoms with Gasteiger partial charge in [0.25, 0.3) is 0 Å². The maximum atomic E-state index is 11.8. The van der Waals surface area contributed by atoms with E-state index in [0.717, 1.165) is 38.8 Å². The second-order valence-electron chi connectivity index (χ2n) is 5.32. The van der Waals surface area contributed by atoms with Gasteiger partial charge in [-0.05, 0) is 12.8 Å². The Hall–Kier alpha value is -0.650. The fourth-order valence-electron chi connectivity index (χ4n) is 2.70. The number of carbonyl (C=O) groups is 1. The van der Waals surface area contributed by atoms with Crippen LogP contribution in [0.15, 0.2) is 0 Å². The van der Waals surface area contributed by atoms with Crippen molar-refractivity contribution in [1.82, 2.24) is 10.6 Å². The summed E-state index contributed by atoms with van der Waals surface area (Å²) < 4.78 is 5.49. The lowest BCUT2D eigenvalue weighted by Gasteiger charge is -2.28. The first-order valence-corrected chi connectivity index (χ1v) is 7.03. The lowest BCUT2D eigenvalue weighted by Crippen LogP contribution is -2.43. The molecule has 0 aromatic heterocycles. The van der Waals surface area contributed by atoms with Crippen molar-refractivity contribution in [2.75, 3.05) is 26.2 Å². The standard InChI is InChI=1S/C13H24N2O3/c16-12-4-2-1-3-10(12)8-15-13(17)7-11-9-14-5-6-18-11/h10-12,14,16H,1-9H2,(H,15,17). The van der Waals surface area contributed by atoms with E-state index < -0.39 is 0 Å². The van der Waals surface area contributed by atoms with E-state index in [9.17, 15) is 9.90 Å². The highest BCUT2D eigenvalue weighted by molar-refractivity contribution is 5.76. The molecule has 104 valence electrons. The van der Waals surface area contributed by atoms with Gasteiger partial charge >= 0.3 is 0 Å². The lowest BCUT2D eigenvalue weighted by atomic mass is 9.86. The van der Waals surface area contributed by atoms with Crippen molar-refractivity contribution in [2.45, 2.75) is 44.3 Å². The van der Waals surface area contributed by atoms with Gasteiger partial charge in [-0.15, -0.1) is 0 Å². The molecule has 0 spiro atoms. The fraction of sp³-hybridized carbons (Fsp3) is 0.923. The monoisotopic (exact) mass is 256 g/mol. The van der Waals surface area contributed by atoms with E-state index in [-0.39, 0.29) is 24.0 Å². The minimum absolute atomic E-state index is 0.00460. The highest BCUT2D eigenvalue weighted by atomic mass is 16.5. The smallest absolute Gasteiger partial charge is 0.222 e. The van der Waals surface area contributed by atoms with Crippen molar-refractivity contribution in [3.05, 3.63) is 0 Å². The number of amides is 1. The molecule has 2 rings (SSSR count). The lowest BCUT2D eigenvalue weighted by molar-refractivity contribution is -0.124. The number of nitrogens with one attached hydrogen (secondary N) is 2. The van der Waals surface area contributed by atoms with Gasteiger partial charge in [0.1, 0.15) is 0 Å². The minimum Gasteiger partial charge on any atom is -0.393 e. The predicted molar refractivity (Wildman–Crippen MR) is 68.2 cm³/mol. The zero-order valence-corrected chi connectivity index (χ0v) is 10.9. The van der Waals surface area contributed by atoms with Crippen LogP contribution in [-0.2, 0) is 9.53 Å². The molecule has 1 amide bonds. The zero-order chi connectivity index (χ0) is 12.8. The van der Waals surface area contributed by atoms with Crippen LogP contribution in [0.25, 0.3) is 0 Å². The number of hydrogen-bond donors (Lipinski definition) is 3. The summed E-state index contributed by atoms with van der Waals surface area (Å²) in [5.74, 6) is 0.259. The normalized spacial score (nSPS) is 33.1. The number of carbonyl (C=O) groups excluding carboxylic acids is 1. The molecule has 18 heavy (non-hydrogen) atoms. The topological polar surface area (TPSA) is 70.6 Å². The summed E-state index contributed by atoms with van der Waals surface area (Å²) in [6.07, 6.45) is 4.32. The van der Waals surface area contributed by atoms with Crippen LogP contribution in [0.4, 0.5) is 0 Å². The molecule has 0 aromatic rings. The Morgan fingerprint density at radius 1 is 1.39 bits per heavy atom. The molecule has 3 unspecified atom stereocenters. The molecule has 1 heterocycles. The van der Waals surface area contributed by atoms with E-state index >= 15 is 0 Å². The first-order chi connectivity index (χ1) is 8.75. The highest BCUT2D eigenvalue weighted by Crippen LogP contribution is 2.23. The summed E-state index contributed by atoms with van der Waals surface area (Å²) in [7, 11) is 0. The van der Waals surface area contributed by atoms with Crippen molar-refractivity contribution < 1.29 is 14.6 Å². The second-order valence-corrected chi connectivity index (χ2v) is 5.32. The molecule has 1 saturated carbocycles. The third-order valence-electron chi connectivity index (χ3n) is 3.85. The number of morpholine rings is 1. The molecule has 1 aliphatic heterocycles. The Morgan fingerprint density at radius 3 is 2.94 bits per heavy atom. The third-order valence-corrected chi connectivity index (χ3v) is 3.85. The maximum Gasteiger partial charge on any atom is 0.222 e. The van der Waals surface area contributed by atoms with Gasteiger partial charge in [0.05, 0.1) is 25.2 Å². The number of aliphatic hydroxyl groups excluding tert-OH is 1. The molecular formula is C13H24N2O3. The van der Waals surface area contributed by atoms with Crippen molar-refractivity contribution in [1.29, 1.82) is 0 Å². The summed E-state index contributed by atoms with van der Waals surface area (Å²) >= 11 is 0. The van der Waals surface area contributed by atoms with Gasteiger partial charge in [-0.1, -0.05) is 12.8 Å². The van der Waals surface area contributed by atoms with E-state index in [1.165, 1.54) is 0 Å². The largest absolute Gasteiger partial charge is 0.393 e. The van der Waals surface area contributed by atoms with Crippen LogP contribution >= 0.6 is 0 Å². The van der Waals surface area contributed by atoms with E-state index in [1.54, 1.807) is 0 Å². The second kappa shape index (κ2) is 7.07. The average Bonchev–Trinajstić information content (AvgIpc) is 2.39. The van der Waals surface area contributed by atoms with Crippen LogP contribution in [-0.4, -0.2) is 49.5 Å². The number of ether oxygens (including phenoxy) is 1. The fourth-order valence-corrected chi connectivity index (χ4v) is 2.70. The highest BCUT2D eigenvalue weighted by Gasteiger charge is 2.24. The molecule has 1 aliphatic carbocycles. The van der Waals surface area contributed by atoms with Crippen LogP contribution in [0.2, 0.25) is 0 Å². The Morgan fingerprint density at radius 2 is 2.22 bits per heavy atom. The zero-order valence-electron chi connectivity index (χ0n) is 10.9. The van der Waals surface area contributed by atoms with Crippen LogP contribution in [0.3, 0.4) is 0 Å². The van der Waals surface area contributed by atoms with Gasteiger partial charge in [0, 0.05) is 25.6 Å². The number of rotatable bonds is 4. The van der Waals surface area contributed by atoms with Gasteiger partial charge in [-0.3, -0.25) is 4.79 Å². The summed E-state index contributed by atoms with van der Waals surface area (Å²) in [6, 6.07) is 0. The molecule has 0 aromatic carbocycles. The minimum atomic E-state index is -0.244. The van der Waals surface area contributed by atoms with Gasteiger partial charge < -0.3 is 20.5 Å². The first-order valence-electron chi connectivity index (χ1n) is 7.03. The van der Waals surface area contributed by atoms with E-state index in [4.69, 9.17) is 4.74 Å². The summed E-state index contributed by atoms with van der Waals surface area (Å²) in [6.45, 7) is 2.89. The number of hydrogen-bond acceptors (Lipinski definition) is 4. The molecule has 2 fully saturated rings. The maximum absolute atomic E-state index is 11.8. The Bertz CT molecular complexity index is 267. The molecule has 0 bridgehead atoms. The van der Waals surface area contributed by atoms with E-state index in [0.29, 0.717) is 19.6 Å². The molecule has 5 nitrogen and oxygen atoms in total. The summed E-state index contributed by atoms with van der Waals surface area (Å²) in [4.78, 5) is 11.8.